The number of hydrogen-bond donors (Lipinski definition) is 1. The second kappa shape index (κ2) is 5.68. The van der Waals surface area contributed by atoms with Gasteiger partial charge in [0.05, 0.1) is 6.10 Å². The molecule has 0 aromatic heterocycles. The van der Waals surface area contributed by atoms with Gasteiger partial charge in [-0.25, -0.2) is 0 Å². The number of aliphatic hydroxyl groups excluding tert-OH is 1. The maximum Gasteiger partial charge on any atom is 0.0571 e. The van der Waals surface area contributed by atoms with Crippen LogP contribution in [0.25, 0.3) is 0 Å². The van der Waals surface area contributed by atoms with Crippen molar-refractivity contribution in [3.05, 3.63) is 34.9 Å². The Kier molecular flexibility index (Phi) is 4.22. The Morgan fingerprint density at radius 2 is 1.94 bits per heavy atom. The lowest BCUT2D eigenvalue weighted by atomic mass is 9.93. The Bertz CT molecular complexity index is 364. The minimum absolute atomic E-state index is 0.0857. The van der Waals surface area contributed by atoms with Gasteiger partial charge in [0.15, 0.2) is 0 Å². The van der Waals surface area contributed by atoms with Crippen molar-refractivity contribution in [1.82, 2.24) is 0 Å². The van der Waals surface area contributed by atoms with Gasteiger partial charge in [-0.2, -0.15) is 0 Å². The van der Waals surface area contributed by atoms with E-state index in [4.69, 9.17) is 0 Å². The predicted molar refractivity (Wildman–Crippen MR) is 72.2 cm³/mol. The molecule has 1 atom stereocenters. The number of hydrogen-bond acceptors (Lipinski definition) is 1. The molecule has 17 heavy (non-hydrogen) atoms. The van der Waals surface area contributed by atoms with Crippen LogP contribution in [0.5, 0.6) is 0 Å². The Labute approximate surface area is 105 Å². The van der Waals surface area contributed by atoms with Gasteiger partial charge in [0.25, 0.3) is 0 Å². The monoisotopic (exact) mass is 232 g/mol. The van der Waals surface area contributed by atoms with Gasteiger partial charge in [0.2, 0.25) is 0 Å². The Balaban J connectivity index is 1.90. The molecule has 0 spiro atoms. The lowest BCUT2D eigenvalue weighted by Gasteiger charge is -2.18. The van der Waals surface area contributed by atoms with Crippen LogP contribution < -0.4 is 0 Å². The molecule has 1 aliphatic carbocycles. The molecule has 1 heteroatoms. The van der Waals surface area contributed by atoms with Crippen molar-refractivity contribution in [2.45, 2.75) is 58.5 Å². The van der Waals surface area contributed by atoms with Crippen LogP contribution in [0.2, 0.25) is 0 Å². The zero-order valence-electron chi connectivity index (χ0n) is 11.1. The molecule has 0 amide bonds. The van der Waals surface area contributed by atoms with E-state index in [9.17, 15) is 5.11 Å². The van der Waals surface area contributed by atoms with Gasteiger partial charge in [0.1, 0.15) is 0 Å². The van der Waals surface area contributed by atoms with E-state index in [2.05, 4.69) is 32.0 Å². The molecule has 0 saturated heterocycles. The zero-order chi connectivity index (χ0) is 12.3. The fourth-order valence-electron chi connectivity index (χ4n) is 2.95. The molecule has 0 bridgehead atoms. The van der Waals surface area contributed by atoms with Gasteiger partial charge in [-0.05, 0) is 56.6 Å². The first kappa shape index (κ1) is 12.6. The first-order valence-electron chi connectivity index (χ1n) is 6.91. The largest absolute Gasteiger partial charge is 0.393 e. The molecule has 0 aliphatic heterocycles. The van der Waals surface area contributed by atoms with Crippen molar-refractivity contribution in [2.24, 2.45) is 5.92 Å². The molecule has 1 fully saturated rings. The van der Waals surface area contributed by atoms with E-state index >= 15 is 0 Å². The zero-order valence-corrected chi connectivity index (χ0v) is 11.1. The highest BCUT2D eigenvalue weighted by atomic mass is 16.3. The third-order valence-electron chi connectivity index (χ3n) is 4.16. The van der Waals surface area contributed by atoms with Crippen molar-refractivity contribution in [3.8, 4) is 0 Å². The highest BCUT2D eigenvalue weighted by Crippen LogP contribution is 2.29. The minimum atomic E-state index is -0.0857. The summed E-state index contributed by atoms with van der Waals surface area (Å²) >= 11 is 0. The van der Waals surface area contributed by atoms with E-state index in [1.54, 1.807) is 0 Å². The maximum absolute atomic E-state index is 10.2. The third kappa shape index (κ3) is 3.32. The molecular weight excluding hydrogens is 208 g/mol. The number of benzene rings is 1. The summed E-state index contributed by atoms with van der Waals surface area (Å²) in [6.45, 7) is 4.30. The molecule has 1 aromatic carbocycles. The molecule has 1 aliphatic rings. The Morgan fingerprint density at radius 3 is 2.65 bits per heavy atom. The van der Waals surface area contributed by atoms with Crippen molar-refractivity contribution in [2.75, 3.05) is 0 Å². The van der Waals surface area contributed by atoms with Crippen molar-refractivity contribution < 1.29 is 5.11 Å². The lowest BCUT2D eigenvalue weighted by molar-refractivity contribution is 0.102. The van der Waals surface area contributed by atoms with Crippen LogP contribution in [0.4, 0.5) is 0 Å². The van der Waals surface area contributed by atoms with E-state index < -0.39 is 0 Å². The average Bonchev–Trinajstić information content (AvgIpc) is 2.83. The summed E-state index contributed by atoms with van der Waals surface area (Å²) in [5, 5.41) is 10.2. The van der Waals surface area contributed by atoms with Crippen LogP contribution in [-0.4, -0.2) is 11.2 Å². The Morgan fingerprint density at radius 1 is 1.24 bits per heavy atom. The second-order valence-corrected chi connectivity index (χ2v) is 5.58. The van der Waals surface area contributed by atoms with E-state index in [1.165, 1.54) is 42.4 Å². The van der Waals surface area contributed by atoms with Gasteiger partial charge in [-0.1, -0.05) is 36.6 Å². The lowest BCUT2D eigenvalue weighted by Crippen LogP contribution is -2.18. The van der Waals surface area contributed by atoms with Gasteiger partial charge in [-0.3, -0.25) is 0 Å². The maximum atomic E-state index is 10.2. The molecule has 94 valence electrons. The standard InChI is InChI=1S/C16H24O/c1-12-7-8-13(2)15(11-12)9-10-16(17)14-5-3-4-6-14/h7-8,11,14,16-17H,3-6,9-10H2,1-2H3. The summed E-state index contributed by atoms with van der Waals surface area (Å²) in [5.74, 6) is 0.570. The molecular formula is C16H24O. The third-order valence-corrected chi connectivity index (χ3v) is 4.16. The van der Waals surface area contributed by atoms with Crippen LogP contribution in [0, 0.1) is 19.8 Å². The van der Waals surface area contributed by atoms with Gasteiger partial charge in [-0.15, -0.1) is 0 Å². The van der Waals surface area contributed by atoms with Crippen LogP contribution in [0.3, 0.4) is 0 Å². The highest BCUT2D eigenvalue weighted by Gasteiger charge is 2.22. The smallest absolute Gasteiger partial charge is 0.0571 e. The fraction of sp³-hybridized carbons (Fsp3) is 0.625. The summed E-state index contributed by atoms with van der Waals surface area (Å²) in [5.41, 5.74) is 4.08. The van der Waals surface area contributed by atoms with Gasteiger partial charge >= 0.3 is 0 Å². The molecule has 0 heterocycles. The summed E-state index contributed by atoms with van der Waals surface area (Å²) < 4.78 is 0. The van der Waals surface area contributed by atoms with Crippen LogP contribution in [0.15, 0.2) is 18.2 Å². The van der Waals surface area contributed by atoms with E-state index in [1.807, 2.05) is 0 Å². The van der Waals surface area contributed by atoms with E-state index in [0.717, 1.165) is 12.8 Å². The molecule has 1 N–H and O–H groups in total. The van der Waals surface area contributed by atoms with Crippen molar-refractivity contribution >= 4 is 0 Å². The molecule has 1 saturated carbocycles. The first-order valence-corrected chi connectivity index (χ1v) is 6.91. The van der Waals surface area contributed by atoms with E-state index in [-0.39, 0.29) is 6.10 Å². The molecule has 1 nitrogen and oxygen atoms in total. The first-order chi connectivity index (χ1) is 8.16. The minimum Gasteiger partial charge on any atom is -0.393 e. The molecule has 1 unspecified atom stereocenters. The topological polar surface area (TPSA) is 20.2 Å². The number of aliphatic hydroxyl groups is 1. The Hall–Kier alpha value is -0.820. The second-order valence-electron chi connectivity index (χ2n) is 5.58. The molecule has 1 aromatic rings. The number of aryl methyl sites for hydroxylation is 3. The van der Waals surface area contributed by atoms with Crippen molar-refractivity contribution in [3.63, 3.8) is 0 Å². The number of rotatable bonds is 4. The van der Waals surface area contributed by atoms with Gasteiger partial charge in [0, 0.05) is 0 Å². The summed E-state index contributed by atoms with van der Waals surface area (Å²) in [6.07, 6.45) is 6.94. The summed E-state index contributed by atoms with van der Waals surface area (Å²) in [6, 6.07) is 6.61. The fourth-order valence-corrected chi connectivity index (χ4v) is 2.95. The summed E-state index contributed by atoms with van der Waals surface area (Å²) in [7, 11) is 0. The van der Waals surface area contributed by atoms with E-state index in [0.29, 0.717) is 5.92 Å². The highest BCUT2D eigenvalue weighted by molar-refractivity contribution is 5.30. The predicted octanol–water partition coefficient (Wildman–Crippen LogP) is 3.79. The van der Waals surface area contributed by atoms with Crippen LogP contribution in [0.1, 0.15) is 48.8 Å². The molecule has 2 rings (SSSR count). The summed E-state index contributed by atoms with van der Waals surface area (Å²) in [4.78, 5) is 0. The quantitative estimate of drug-likeness (QED) is 0.837. The van der Waals surface area contributed by atoms with Crippen LogP contribution in [-0.2, 0) is 6.42 Å². The SMILES string of the molecule is Cc1ccc(C)c(CCC(O)C2CCCC2)c1. The normalized spacial score (nSPS) is 18.5. The van der Waals surface area contributed by atoms with Gasteiger partial charge < -0.3 is 5.11 Å². The molecule has 0 radical (unpaired) electrons. The average molecular weight is 232 g/mol. The van der Waals surface area contributed by atoms with Crippen molar-refractivity contribution in [1.29, 1.82) is 0 Å². The van der Waals surface area contributed by atoms with Crippen LogP contribution >= 0.6 is 0 Å².